The molecule has 0 radical (unpaired) electrons. The zero-order valence-electron chi connectivity index (χ0n) is 10.5. The number of hydrogen-bond donors (Lipinski definition) is 0. The van der Waals surface area contributed by atoms with Crippen molar-refractivity contribution in [1.82, 2.24) is 0 Å². The van der Waals surface area contributed by atoms with Crippen molar-refractivity contribution in [3.8, 4) is 11.1 Å². The molecule has 0 heterocycles. The summed E-state index contributed by atoms with van der Waals surface area (Å²) in [5.41, 5.74) is 4.97. The van der Waals surface area contributed by atoms with Gasteiger partial charge in [-0.2, -0.15) is 0 Å². The Hall–Kier alpha value is -1.36. The number of carbonyl (C=O) groups excluding carboxylic acids is 1. The van der Waals surface area contributed by atoms with E-state index in [1.54, 1.807) is 0 Å². The molecule has 1 unspecified atom stereocenters. The number of hydrogen-bond acceptors (Lipinski definition) is 2. The third-order valence-corrected chi connectivity index (χ3v) is 4.40. The van der Waals surface area contributed by atoms with Crippen LogP contribution in [0, 0.1) is 0 Å². The summed E-state index contributed by atoms with van der Waals surface area (Å²) in [6, 6.07) is 16.7. The highest BCUT2D eigenvalue weighted by atomic mass is 127. The summed E-state index contributed by atoms with van der Waals surface area (Å²) < 4.78 is 5.21. The van der Waals surface area contributed by atoms with Gasteiger partial charge in [0.15, 0.2) is 4.11 Å². The lowest BCUT2D eigenvalue weighted by Crippen LogP contribution is -2.17. The number of rotatable bonds is 2. The van der Waals surface area contributed by atoms with Gasteiger partial charge in [-0.25, -0.2) is 0 Å². The molecule has 1 aliphatic carbocycles. The van der Waals surface area contributed by atoms with Crippen molar-refractivity contribution in [1.29, 1.82) is 0 Å². The summed E-state index contributed by atoms with van der Waals surface area (Å²) in [6.45, 7) is 1.46. The van der Waals surface area contributed by atoms with Crippen molar-refractivity contribution in [3.05, 3.63) is 59.7 Å². The van der Waals surface area contributed by atoms with Crippen LogP contribution in [-0.2, 0) is 9.53 Å². The third-order valence-electron chi connectivity index (χ3n) is 3.42. The van der Waals surface area contributed by atoms with Crippen molar-refractivity contribution >= 4 is 28.6 Å². The second-order valence-electron chi connectivity index (χ2n) is 4.61. The van der Waals surface area contributed by atoms with E-state index < -0.39 is 0 Å². The first kappa shape index (κ1) is 12.7. The van der Waals surface area contributed by atoms with E-state index in [4.69, 9.17) is 4.74 Å². The fourth-order valence-corrected chi connectivity index (χ4v) is 3.84. The number of alkyl halides is 1. The van der Waals surface area contributed by atoms with Crippen molar-refractivity contribution in [2.45, 2.75) is 17.0 Å². The Balaban J connectivity index is 2.12. The maximum absolute atomic E-state index is 11.2. The van der Waals surface area contributed by atoms with Gasteiger partial charge in [-0.1, -0.05) is 48.5 Å². The Bertz CT molecular complexity index is 591. The van der Waals surface area contributed by atoms with Gasteiger partial charge < -0.3 is 4.74 Å². The molecule has 0 N–H and O–H groups in total. The normalized spacial score (nSPS) is 14.6. The molecule has 1 aliphatic rings. The Kier molecular flexibility index (Phi) is 3.31. The second-order valence-corrected chi connectivity index (χ2v) is 5.84. The van der Waals surface area contributed by atoms with Gasteiger partial charge in [0.2, 0.25) is 0 Å². The van der Waals surface area contributed by atoms with Crippen LogP contribution in [0.5, 0.6) is 0 Å². The standard InChI is InChI=1S/C16H13IO2/c1-10(18)19-16(17)15-13-8-4-2-6-11(13)12-7-3-5-9-14(12)15/h2-9,15-16H,1H3. The van der Waals surface area contributed by atoms with Crippen molar-refractivity contribution in [2.24, 2.45) is 0 Å². The quantitative estimate of drug-likeness (QED) is 0.455. The molecule has 0 aromatic heterocycles. The molecule has 0 bridgehead atoms. The largest absolute Gasteiger partial charge is 0.451 e. The molecule has 0 spiro atoms. The highest BCUT2D eigenvalue weighted by molar-refractivity contribution is 14.1. The first-order chi connectivity index (χ1) is 9.18. The molecular formula is C16H13IO2. The fourth-order valence-electron chi connectivity index (χ4n) is 2.70. The molecule has 3 rings (SSSR count). The average Bonchev–Trinajstić information content (AvgIpc) is 2.72. The summed E-state index contributed by atoms with van der Waals surface area (Å²) >= 11 is 2.21. The van der Waals surface area contributed by atoms with Gasteiger partial charge in [0.1, 0.15) is 0 Å². The van der Waals surface area contributed by atoms with E-state index in [1.807, 2.05) is 24.3 Å². The van der Waals surface area contributed by atoms with Crippen molar-refractivity contribution in [3.63, 3.8) is 0 Å². The first-order valence-electron chi connectivity index (χ1n) is 6.18. The van der Waals surface area contributed by atoms with Crippen LogP contribution in [0.3, 0.4) is 0 Å². The molecule has 2 nitrogen and oxygen atoms in total. The highest BCUT2D eigenvalue weighted by Gasteiger charge is 2.34. The molecule has 0 fully saturated rings. The molecule has 1 atom stereocenters. The van der Waals surface area contributed by atoms with Crippen LogP contribution in [0.15, 0.2) is 48.5 Å². The van der Waals surface area contributed by atoms with E-state index in [1.165, 1.54) is 29.2 Å². The maximum atomic E-state index is 11.2. The van der Waals surface area contributed by atoms with Crippen LogP contribution >= 0.6 is 22.6 Å². The lowest BCUT2D eigenvalue weighted by molar-refractivity contribution is -0.142. The van der Waals surface area contributed by atoms with E-state index in [2.05, 4.69) is 46.9 Å². The van der Waals surface area contributed by atoms with Gasteiger partial charge >= 0.3 is 5.97 Å². The molecule has 0 saturated carbocycles. The van der Waals surface area contributed by atoms with E-state index in [0.29, 0.717) is 0 Å². The van der Waals surface area contributed by atoms with Gasteiger partial charge in [-0.15, -0.1) is 0 Å². The van der Waals surface area contributed by atoms with Crippen LogP contribution in [0.4, 0.5) is 0 Å². The maximum Gasteiger partial charge on any atom is 0.303 e. The molecule has 96 valence electrons. The second kappa shape index (κ2) is 4.96. The first-order valence-corrected chi connectivity index (χ1v) is 7.42. The monoisotopic (exact) mass is 364 g/mol. The predicted octanol–water partition coefficient (Wildman–Crippen LogP) is 4.12. The SMILES string of the molecule is CC(=O)OC(I)C1c2ccccc2-c2ccccc21. The molecule has 0 aliphatic heterocycles. The number of benzene rings is 2. The lowest BCUT2D eigenvalue weighted by Gasteiger charge is -2.19. The Labute approximate surface area is 125 Å². The molecule has 19 heavy (non-hydrogen) atoms. The summed E-state index contributed by atoms with van der Waals surface area (Å²) in [6.07, 6.45) is 0. The van der Waals surface area contributed by atoms with E-state index in [-0.39, 0.29) is 16.0 Å². The highest BCUT2D eigenvalue weighted by Crippen LogP contribution is 2.48. The van der Waals surface area contributed by atoms with Crippen LogP contribution < -0.4 is 0 Å². The van der Waals surface area contributed by atoms with Crippen molar-refractivity contribution in [2.75, 3.05) is 0 Å². The molecule has 3 heteroatoms. The Morgan fingerprint density at radius 1 is 1.05 bits per heavy atom. The molecule has 0 amide bonds. The smallest absolute Gasteiger partial charge is 0.303 e. The van der Waals surface area contributed by atoms with Crippen LogP contribution in [0.25, 0.3) is 11.1 Å². The topological polar surface area (TPSA) is 26.3 Å². The molecule has 2 aromatic rings. The zero-order valence-corrected chi connectivity index (χ0v) is 12.6. The summed E-state index contributed by atoms with van der Waals surface area (Å²) in [4.78, 5) is 11.2. The van der Waals surface area contributed by atoms with E-state index in [9.17, 15) is 4.79 Å². The fraction of sp³-hybridized carbons (Fsp3) is 0.188. The predicted molar refractivity (Wildman–Crippen MR) is 83.3 cm³/mol. The van der Waals surface area contributed by atoms with Gasteiger partial charge in [0.05, 0.1) is 5.92 Å². The van der Waals surface area contributed by atoms with Gasteiger partial charge in [-0.05, 0) is 44.8 Å². The van der Waals surface area contributed by atoms with Crippen LogP contribution in [0.1, 0.15) is 24.0 Å². The minimum absolute atomic E-state index is 0.122. The van der Waals surface area contributed by atoms with E-state index >= 15 is 0 Å². The van der Waals surface area contributed by atoms with Gasteiger partial charge in [0.25, 0.3) is 0 Å². The molecule has 2 aromatic carbocycles. The lowest BCUT2D eigenvalue weighted by atomic mass is 9.98. The summed E-state index contributed by atoms with van der Waals surface area (Å²) in [7, 11) is 0. The summed E-state index contributed by atoms with van der Waals surface area (Å²) in [5.74, 6) is -0.113. The van der Waals surface area contributed by atoms with E-state index in [0.717, 1.165) is 0 Å². The molecular weight excluding hydrogens is 351 g/mol. The molecule has 0 saturated heterocycles. The van der Waals surface area contributed by atoms with Gasteiger partial charge in [0, 0.05) is 6.92 Å². The third kappa shape index (κ3) is 2.16. The number of ether oxygens (including phenoxy) is 1. The Morgan fingerprint density at radius 2 is 1.53 bits per heavy atom. The zero-order chi connectivity index (χ0) is 13.4. The van der Waals surface area contributed by atoms with Crippen molar-refractivity contribution < 1.29 is 9.53 Å². The minimum atomic E-state index is -0.235. The van der Waals surface area contributed by atoms with Crippen LogP contribution in [0.2, 0.25) is 0 Å². The number of esters is 1. The Morgan fingerprint density at radius 3 is 2.00 bits per heavy atom. The number of fused-ring (bicyclic) bond motifs is 3. The summed E-state index contributed by atoms with van der Waals surface area (Å²) in [5, 5.41) is 0. The number of halogens is 1. The van der Waals surface area contributed by atoms with Gasteiger partial charge in [-0.3, -0.25) is 4.79 Å². The number of carbonyl (C=O) groups is 1. The average molecular weight is 364 g/mol. The minimum Gasteiger partial charge on any atom is -0.451 e. The van der Waals surface area contributed by atoms with Crippen LogP contribution in [-0.4, -0.2) is 10.1 Å².